The predicted molar refractivity (Wildman–Crippen MR) is 120 cm³/mol. The Bertz CT molecular complexity index is 1020. The highest BCUT2D eigenvalue weighted by atomic mass is 16.3. The average Bonchev–Trinajstić information content (AvgIpc) is 3.08. The van der Waals surface area contributed by atoms with E-state index in [0.717, 1.165) is 24.1 Å². The Morgan fingerprint density at radius 2 is 1.94 bits per heavy atom. The van der Waals surface area contributed by atoms with Gasteiger partial charge in [0, 0.05) is 30.5 Å². The minimum absolute atomic E-state index is 0.0139. The molecule has 2 bridgehead atoms. The number of amides is 1. The van der Waals surface area contributed by atoms with E-state index in [-0.39, 0.29) is 29.5 Å². The number of carbonyl (C=O) groups is 1. The Kier molecular flexibility index (Phi) is 4.68. The molecule has 1 saturated heterocycles. The Labute approximate surface area is 184 Å². The third-order valence-corrected chi connectivity index (χ3v) is 8.33. The molecule has 0 spiro atoms. The normalized spacial score (nSPS) is 34.1. The number of benzene rings is 2. The van der Waals surface area contributed by atoms with Crippen molar-refractivity contribution in [3.8, 4) is 5.75 Å². The second-order valence-corrected chi connectivity index (χ2v) is 10.1. The fourth-order valence-electron chi connectivity index (χ4n) is 6.86. The summed E-state index contributed by atoms with van der Waals surface area (Å²) >= 11 is 0. The number of hydrogen-bond donors (Lipinski definition) is 3. The summed E-state index contributed by atoms with van der Waals surface area (Å²) in [5.74, 6) is 0.169. The van der Waals surface area contributed by atoms with E-state index in [1.54, 1.807) is 6.07 Å². The summed E-state index contributed by atoms with van der Waals surface area (Å²) in [7, 11) is 2.08. The maximum Gasteiger partial charge on any atom is 0.223 e. The number of aromatic hydroxyl groups is 1. The van der Waals surface area contributed by atoms with E-state index in [2.05, 4.69) is 43.2 Å². The largest absolute Gasteiger partial charge is 0.508 e. The summed E-state index contributed by atoms with van der Waals surface area (Å²) in [5.41, 5.74) is 3.01. The molecule has 3 N–H and O–H groups in total. The van der Waals surface area contributed by atoms with Gasteiger partial charge in [-0.15, -0.1) is 0 Å². The van der Waals surface area contributed by atoms with Gasteiger partial charge in [-0.2, -0.15) is 0 Å². The second kappa shape index (κ2) is 7.07. The van der Waals surface area contributed by atoms with Gasteiger partial charge in [0.25, 0.3) is 0 Å². The van der Waals surface area contributed by atoms with E-state index in [1.807, 2.05) is 24.3 Å². The Balaban J connectivity index is 1.47. The molecule has 5 heteroatoms. The van der Waals surface area contributed by atoms with E-state index in [0.29, 0.717) is 19.4 Å². The topological polar surface area (TPSA) is 72.8 Å². The van der Waals surface area contributed by atoms with E-state index in [4.69, 9.17) is 0 Å². The molecule has 5 atom stereocenters. The second-order valence-electron chi connectivity index (χ2n) is 10.1. The van der Waals surface area contributed by atoms with E-state index < -0.39 is 11.0 Å². The van der Waals surface area contributed by atoms with Crippen molar-refractivity contribution in [2.45, 2.75) is 56.7 Å². The minimum atomic E-state index is -0.980. The van der Waals surface area contributed by atoms with E-state index >= 15 is 0 Å². The predicted octanol–water partition coefficient (Wildman–Crippen LogP) is 2.90. The number of phenols is 1. The fraction of sp³-hybridized carbons (Fsp3) is 0.500. The van der Waals surface area contributed by atoms with Crippen LogP contribution in [0.4, 0.5) is 0 Å². The molecule has 1 saturated carbocycles. The molecule has 0 aromatic heterocycles. The maximum absolute atomic E-state index is 13.2. The zero-order valence-corrected chi connectivity index (χ0v) is 18.6. The summed E-state index contributed by atoms with van der Waals surface area (Å²) in [6.07, 6.45) is 1.82. The number of nitrogens with one attached hydrogen (secondary N) is 1. The fourth-order valence-corrected chi connectivity index (χ4v) is 6.86. The van der Waals surface area contributed by atoms with Crippen LogP contribution in [0.1, 0.15) is 42.0 Å². The highest BCUT2D eigenvalue weighted by Gasteiger charge is 2.69. The monoisotopic (exact) mass is 420 g/mol. The van der Waals surface area contributed by atoms with Crippen LogP contribution in [0.3, 0.4) is 0 Å². The number of phenolic OH excluding ortho intramolecular Hbond substituents is 1. The van der Waals surface area contributed by atoms with Gasteiger partial charge in [0.1, 0.15) is 5.75 Å². The summed E-state index contributed by atoms with van der Waals surface area (Å²) in [6, 6.07) is 13.7. The first-order valence-electron chi connectivity index (χ1n) is 11.3. The number of rotatable bonds is 3. The van der Waals surface area contributed by atoms with Gasteiger partial charge >= 0.3 is 0 Å². The highest BCUT2D eigenvalue weighted by molar-refractivity contribution is 5.80. The molecule has 1 unspecified atom stereocenters. The number of aryl methyl sites for hydroxylation is 1. The van der Waals surface area contributed by atoms with Gasteiger partial charge in [0.05, 0.1) is 5.60 Å². The number of carbonyl (C=O) groups excluding carboxylic acids is 1. The van der Waals surface area contributed by atoms with Crippen LogP contribution in [0.5, 0.6) is 5.75 Å². The zero-order valence-electron chi connectivity index (χ0n) is 18.6. The molecular formula is C26H32N2O3. The third-order valence-electron chi connectivity index (χ3n) is 8.33. The van der Waals surface area contributed by atoms with Crippen LogP contribution < -0.4 is 5.32 Å². The van der Waals surface area contributed by atoms with Crippen LogP contribution in [0, 0.1) is 18.8 Å². The van der Waals surface area contributed by atoms with Crippen molar-refractivity contribution in [2.24, 2.45) is 11.8 Å². The Morgan fingerprint density at radius 1 is 1.19 bits per heavy atom. The molecule has 1 aliphatic heterocycles. The molecule has 5 nitrogen and oxygen atoms in total. The standard InChI is InChI=1S/C26H32N2O3/c1-16-4-6-18(7-5-16)14-27-24(30)20-12-25-17(2)15-28(3)23(26(25,31)13-20)10-19-8-9-21(29)11-22(19)25/h4-9,11,17,20,23,29,31H,10,12-15H2,1-3H3,(H,27,30)/t17-,20+,23+,25?,26+/m0/s1. The van der Waals surface area contributed by atoms with Crippen LogP contribution in [-0.2, 0) is 23.2 Å². The smallest absolute Gasteiger partial charge is 0.223 e. The van der Waals surface area contributed by atoms with Gasteiger partial charge in [-0.3, -0.25) is 9.69 Å². The van der Waals surface area contributed by atoms with Crippen molar-refractivity contribution < 1.29 is 15.0 Å². The van der Waals surface area contributed by atoms with Gasteiger partial charge in [-0.25, -0.2) is 0 Å². The van der Waals surface area contributed by atoms with Crippen LogP contribution in [-0.4, -0.2) is 46.3 Å². The summed E-state index contributed by atoms with van der Waals surface area (Å²) < 4.78 is 0. The first-order valence-corrected chi connectivity index (χ1v) is 11.3. The molecule has 31 heavy (non-hydrogen) atoms. The van der Waals surface area contributed by atoms with E-state index in [9.17, 15) is 15.0 Å². The van der Waals surface area contributed by atoms with Crippen molar-refractivity contribution in [3.63, 3.8) is 0 Å². The Hall–Kier alpha value is -2.37. The zero-order chi connectivity index (χ0) is 22.0. The number of piperidine rings is 1. The van der Waals surface area contributed by atoms with Crippen LogP contribution >= 0.6 is 0 Å². The van der Waals surface area contributed by atoms with Crippen molar-refractivity contribution in [1.29, 1.82) is 0 Å². The van der Waals surface area contributed by atoms with Gasteiger partial charge in [0.2, 0.25) is 5.91 Å². The van der Waals surface area contributed by atoms with Crippen LogP contribution in [0.2, 0.25) is 0 Å². The maximum atomic E-state index is 13.2. The molecule has 5 rings (SSSR count). The molecule has 2 aromatic carbocycles. The molecule has 0 radical (unpaired) electrons. The first kappa shape index (κ1) is 20.5. The van der Waals surface area contributed by atoms with Gasteiger partial charge in [-0.05, 0) is 68.0 Å². The molecular weight excluding hydrogens is 388 g/mol. The number of nitrogens with zero attached hydrogens (tertiary/aromatic N) is 1. The lowest BCUT2D eigenvalue weighted by Crippen LogP contribution is -2.71. The highest BCUT2D eigenvalue weighted by Crippen LogP contribution is 2.63. The lowest BCUT2D eigenvalue weighted by atomic mass is 9.52. The number of likely N-dealkylation sites (N-methyl/N-ethyl adjacent to an activating group) is 1. The third kappa shape index (κ3) is 2.94. The van der Waals surface area contributed by atoms with Gasteiger partial charge < -0.3 is 15.5 Å². The minimum Gasteiger partial charge on any atom is -0.508 e. The molecule has 2 aliphatic carbocycles. The average molecular weight is 421 g/mol. The molecule has 164 valence electrons. The van der Waals surface area contributed by atoms with Crippen molar-refractivity contribution in [3.05, 3.63) is 64.7 Å². The lowest BCUT2D eigenvalue weighted by Gasteiger charge is -2.61. The van der Waals surface area contributed by atoms with Gasteiger partial charge in [-0.1, -0.05) is 42.8 Å². The number of hydrogen-bond acceptors (Lipinski definition) is 4. The summed E-state index contributed by atoms with van der Waals surface area (Å²) in [6.45, 7) is 5.61. The SMILES string of the molecule is Cc1ccc(CNC(=O)[C@@H]2CC34c5cc(O)ccc5C[C@@H](N(C)C[C@@H]3C)[C@]4(O)C2)cc1. The first-order chi connectivity index (χ1) is 14.7. The van der Waals surface area contributed by atoms with Crippen LogP contribution in [0.15, 0.2) is 42.5 Å². The summed E-state index contributed by atoms with van der Waals surface area (Å²) in [4.78, 5) is 15.5. The molecule has 1 heterocycles. The number of likely N-dealkylation sites (tertiary alicyclic amines) is 1. The molecule has 1 amide bonds. The lowest BCUT2D eigenvalue weighted by molar-refractivity contribution is -0.146. The number of fused-ring (bicyclic) bond motifs is 1. The quantitative estimate of drug-likeness (QED) is 0.714. The Morgan fingerprint density at radius 3 is 2.68 bits per heavy atom. The molecule has 3 aliphatic rings. The van der Waals surface area contributed by atoms with Crippen molar-refractivity contribution in [1.82, 2.24) is 10.2 Å². The molecule has 2 aromatic rings. The molecule has 2 fully saturated rings. The van der Waals surface area contributed by atoms with Gasteiger partial charge in [0.15, 0.2) is 0 Å². The van der Waals surface area contributed by atoms with Crippen LogP contribution in [0.25, 0.3) is 0 Å². The van der Waals surface area contributed by atoms with Crippen molar-refractivity contribution >= 4 is 5.91 Å². The number of aliphatic hydroxyl groups is 1. The van der Waals surface area contributed by atoms with E-state index in [1.165, 1.54) is 11.1 Å². The summed E-state index contributed by atoms with van der Waals surface area (Å²) in [5, 5.41) is 25.6. The van der Waals surface area contributed by atoms with Crippen molar-refractivity contribution in [2.75, 3.05) is 13.6 Å².